The average molecular weight is 355 g/mol. The highest BCUT2D eigenvalue weighted by molar-refractivity contribution is 7.09. The number of nitrogens with one attached hydrogen (secondary N) is 1. The van der Waals surface area contributed by atoms with Crippen molar-refractivity contribution in [3.8, 4) is 22.8 Å². The second-order valence-electron chi connectivity index (χ2n) is 5.09. The largest absolute Gasteiger partial charge is 0.496 e. The Hall–Kier alpha value is -2.93. The molecule has 25 heavy (non-hydrogen) atoms. The van der Waals surface area contributed by atoms with Gasteiger partial charge in [0, 0.05) is 23.3 Å². The van der Waals surface area contributed by atoms with E-state index in [1.165, 1.54) is 25.6 Å². The van der Waals surface area contributed by atoms with Gasteiger partial charge >= 0.3 is 0 Å². The summed E-state index contributed by atoms with van der Waals surface area (Å²) in [6, 6.07) is 9.03. The molecule has 1 aromatic carbocycles. The fourth-order valence-electron chi connectivity index (χ4n) is 2.36. The number of thiazole rings is 1. The van der Waals surface area contributed by atoms with Gasteiger partial charge in [-0.1, -0.05) is 6.07 Å². The molecule has 0 spiro atoms. The number of hydrogen-bond acceptors (Lipinski definition) is 6. The van der Waals surface area contributed by atoms with E-state index in [4.69, 9.17) is 9.47 Å². The van der Waals surface area contributed by atoms with Crippen LogP contribution in [0.3, 0.4) is 0 Å². The van der Waals surface area contributed by atoms with Gasteiger partial charge in [0.1, 0.15) is 22.1 Å². The van der Waals surface area contributed by atoms with E-state index >= 15 is 0 Å². The van der Waals surface area contributed by atoms with E-state index in [0.29, 0.717) is 23.6 Å². The molecule has 6 nitrogen and oxygen atoms in total. The van der Waals surface area contributed by atoms with Gasteiger partial charge in [-0.3, -0.25) is 9.78 Å². The molecule has 0 aliphatic rings. The van der Waals surface area contributed by atoms with Crippen molar-refractivity contribution in [2.45, 2.75) is 6.54 Å². The average Bonchev–Trinajstić information content (AvgIpc) is 3.15. The Labute approximate surface area is 149 Å². The van der Waals surface area contributed by atoms with E-state index in [0.717, 1.165) is 16.3 Å². The van der Waals surface area contributed by atoms with Gasteiger partial charge < -0.3 is 14.8 Å². The second-order valence-corrected chi connectivity index (χ2v) is 6.03. The SMILES string of the molecule is COc1cccc(OC)c1C(=O)NCc1nc(-c2cccnc2)cs1. The van der Waals surface area contributed by atoms with Crippen LogP contribution in [0.15, 0.2) is 48.1 Å². The minimum Gasteiger partial charge on any atom is -0.496 e. The third-order valence-electron chi connectivity index (χ3n) is 3.56. The van der Waals surface area contributed by atoms with Gasteiger partial charge in [-0.25, -0.2) is 4.98 Å². The molecule has 3 rings (SSSR count). The highest BCUT2D eigenvalue weighted by Crippen LogP contribution is 2.28. The van der Waals surface area contributed by atoms with Crippen LogP contribution in [0.5, 0.6) is 11.5 Å². The Morgan fingerprint density at radius 2 is 1.92 bits per heavy atom. The van der Waals surface area contributed by atoms with Crippen LogP contribution in [-0.4, -0.2) is 30.1 Å². The summed E-state index contributed by atoms with van der Waals surface area (Å²) in [7, 11) is 3.04. The van der Waals surface area contributed by atoms with Crippen LogP contribution in [0.1, 0.15) is 15.4 Å². The van der Waals surface area contributed by atoms with Gasteiger partial charge in [-0.2, -0.15) is 0 Å². The van der Waals surface area contributed by atoms with Crippen LogP contribution in [0.4, 0.5) is 0 Å². The number of amides is 1. The van der Waals surface area contributed by atoms with Gasteiger partial charge in [-0.15, -0.1) is 11.3 Å². The zero-order chi connectivity index (χ0) is 17.6. The van der Waals surface area contributed by atoms with Crippen molar-refractivity contribution < 1.29 is 14.3 Å². The fraction of sp³-hybridized carbons (Fsp3) is 0.167. The van der Waals surface area contributed by atoms with E-state index in [1.807, 2.05) is 17.5 Å². The van der Waals surface area contributed by atoms with Crippen molar-refractivity contribution in [2.24, 2.45) is 0 Å². The summed E-state index contributed by atoms with van der Waals surface area (Å²) < 4.78 is 10.5. The molecule has 0 aliphatic carbocycles. The standard InChI is InChI=1S/C18H17N3O3S/c1-23-14-6-3-7-15(24-2)17(14)18(22)20-10-16-21-13(11-25-16)12-5-4-8-19-9-12/h3-9,11H,10H2,1-2H3,(H,20,22). The molecule has 0 saturated heterocycles. The van der Waals surface area contributed by atoms with Gasteiger partial charge in [-0.05, 0) is 24.3 Å². The molecule has 0 atom stereocenters. The Balaban J connectivity index is 1.72. The third-order valence-corrected chi connectivity index (χ3v) is 4.41. The molecular weight excluding hydrogens is 338 g/mol. The van der Waals surface area contributed by atoms with Gasteiger partial charge in [0.05, 0.1) is 26.5 Å². The number of methoxy groups -OCH3 is 2. The van der Waals surface area contributed by atoms with E-state index in [1.54, 1.807) is 30.6 Å². The number of carbonyl (C=O) groups excluding carboxylic acids is 1. The van der Waals surface area contributed by atoms with Crippen LogP contribution < -0.4 is 14.8 Å². The second kappa shape index (κ2) is 7.76. The van der Waals surface area contributed by atoms with Crippen molar-refractivity contribution in [1.82, 2.24) is 15.3 Å². The predicted molar refractivity (Wildman–Crippen MR) is 96.1 cm³/mol. The van der Waals surface area contributed by atoms with Gasteiger partial charge in [0.2, 0.25) is 0 Å². The van der Waals surface area contributed by atoms with Crippen molar-refractivity contribution in [3.63, 3.8) is 0 Å². The zero-order valence-corrected chi connectivity index (χ0v) is 14.7. The first-order valence-corrected chi connectivity index (χ1v) is 8.45. The smallest absolute Gasteiger partial charge is 0.259 e. The first-order chi connectivity index (χ1) is 12.2. The van der Waals surface area contributed by atoms with E-state index in [-0.39, 0.29) is 5.91 Å². The van der Waals surface area contributed by atoms with Crippen molar-refractivity contribution in [1.29, 1.82) is 0 Å². The Morgan fingerprint density at radius 3 is 2.56 bits per heavy atom. The summed E-state index contributed by atoms with van der Waals surface area (Å²) in [5.74, 6) is 0.659. The number of pyridine rings is 1. The Kier molecular flexibility index (Phi) is 5.25. The van der Waals surface area contributed by atoms with Crippen LogP contribution in [0, 0.1) is 0 Å². The van der Waals surface area contributed by atoms with Crippen LogP contribution in [0.2, 0.25) is 0 Å². The minimum atomic E-state index is -0.271. The lowest BCUT2D eigenvalue weighted by atomic mass is 10.1. The summed E-state index contributed by atoms with van der Waals surface area (Å²) in [5.41, 5.74) is 2.16. The van der Waals surface area contributed by atoms with Crippen molar-refractivity contribution >= 4 is 17.2 Å². The van der Waals surface area contributed by atoms with Crippen LogP contribution in [0.25, 0.3) is 11.3 Å². The molecule has 2 heterocycles. The maximum atomic E-state index is 12.5. The summed E-state index contributed by atoms with van der Waals surface area (Å²) in [4.78, 5) is 21.2. The lowest BCUT2D eigenvalue weighted by Crippen LogP contribution is -2.24. The normalized spacial score (nSPS) is 10.3. The fourth-order valence-corrected chi connectivity index (χ4v) is 3.10. The van der Waals surface area contributed by atoms with Crippen molar-refractivity contribution in [3.05, 3.63) is 58.7 Å². The Bertz CT molecular complexity index is 843. The number of nitrogens with zero attached hydrogens (tertiary/aromatic N) is 2. The molecule has 0 unspecified atom stereocenters. The van der Waals surface area contributed by atoms with E-state index in [9.17, 15) is 4.79 Å². The number of ether oxygens (including phenoxy) is 2. The molecule has 0 saturated carbocycles. The highest BCUT2D eigenvalue weighted by atomic mass is 32.1. The molecule has 0 aliphatic heterocycles. The van der Waals surface area contributed by atoms with Crippen LogP contribution >= 0.6 is 11.3 Å². The molecule has 7 heteroatoms. The Morgan fingerprint density at radius 1 is 1.16 bits per heavy atom. The van der Waals surface area contributed by atoms with E-state index in [2.05, 4.69) is 15.3 Å². The number of hydrogen-bond donors (Lipinski definition) is 1. The molecule has 0 fully saturated rings. The highest BCUT2D eigenvalue weighted by Gasteiger charge is 2.18. The summed E-state index contributed by atoms with van der Waals surface area (Å²) in [5, 5.41) is 5.62. The topological polar surface area (TPSA) is 73.3 Å². The maximum Gasteiger partial charge on any atom is 0.259 e. The molecule has 1 N–H and O–H groups in total. The predicted octanol–water partition coefficient (Wildman–Crippen LogP) is 3.15. The van der Waals surface area contributed by atoms with Gasteiger partial charge in [0.15, 0.2) is 0 Å². The number of carbonyl (C=O) groups is 1. The lowest BCUT2D eigenvalue weighted by molar-refractivity contribution is 0.0944. The number of rotatable bonds is 6. The summed E-state index contributed by atoms with van der Waals surface area (Å²) >= 11 is 1.49. The quantitative estimate of drug-likeness (QED) is 0.735. The molecule has 3 aromatic rings. The molecule has 0 bridgehead atoms. The molecular formula is C18H17N3O3S. The molecule has 2 aromatic heterocycles. The number of benzene rings is 1. The zero-order valence-electron chi connectivity index (χ0n) is 13.9. The first kappa shape index (κ1) is 16.9. The molecule has 0 radical (unpaired) electrons. The van der Waals surface area contributed by atoms with Crippen molar-refractivity contribution in [2.75, 3.05) is 14.2 Å². The third kappa shape index (κ3) is 3.77. The van der Waals surface area contributed by atoms with Crippen LogP contribution in [-0.2, 0) is 6.54 Å². The molecule has 1 amide bonds. The maximum absolute atomic E-state index is 12.5. The first-order valence-electron chi connectivity index (χ1n) is 7.57. The minimum absolute atomic E-state index is 0.271. The monoisotopic (exact) mass is 355 g/mol. The summed E-state index contributed by atoms with van der Waals surface area (Å²) in [6.45, 7) is 0.324. The number of aromatic nitrogens is 2. The lowest BCUT2D eigenvalue weighted by Gasteiger charge is -2.12. The molecule has 128 valence electrons. The summed E-state index contributed by atoms with van der Waals surface area (Å²) in [6.07, 6.45) is 3.48. The van der Waals surface area contributed by atoms with Gasteiger partial charge in [0.25, 0.3) is 5.91 Å². The van der Waals surface area contributed by atoms with E-state index < -0.39 is 0 Å².